The predicted molar refractivity (Wildman–Crippen MR) is 179 cm³/mol. The van der Waals surface area contributed by atoms with Crippen LogP contribution < -0.4 is 10.1 Å². The van der Waals surface area contributed by atoms with Crippen molar-refractivity contribution in [2.75, 3.05) is 5.32 Å². The first-order valence-corrected chi connectivity index (χ1v) is 15.6. The molecule has 43 heavy (non-hydrogen) atoms. The van der Waals surface area contributed by atoms with Crippen molar-refractivity contribution < 1.29 is 4.74 Å². The fourth-order valence-electron chi connectivity index (χ4n) is 7.13. The number of hydrogen-bond donors (Lipinski definition) is 1. The van der Waals surface area contributed by atoms with Crippen molar-refractivity contribution in [3.63, 3.8) is 0 Å². The lowest BCUT2D eigenvalue weighted by Gasteiger charge is -2.25. The minimum Gasteiger partial charge on any atom is -0.485 e. The number of nitrogens with one attached hydrogen (secondary N) is 1. The highest BCUT2D eigenvalue weighted by molar-refractivity contribution is 7.21. The molecule has 0 saturated carbocycles. The summed E-state index contributed by atoms with van der Waals surface area (Å²) in [6.45, 7) is 0. The van der Waals surface area contributed by atoms with Gasteiger partial charge >= 0.3 is 0 Å². The maximum absolute atomic E-state index is 6.27. The van der Waals surface area contributed by atoms with Gasteiger partial charge in [-0.2, -0.15) is 0 Å². The molecule has 7 aromatic rings. The second-order valence-corrected chi connectivity index (χ2v) is 12.6. The molecular formula is C38H25N3OS. The molecule has 2 aromatic heterocycles. The number of thiophene rings is 1. The average Bonchev–Trinajstić information content (AvgIpc) is 3.72. The molecular weight excluding hydrogens is 547 g/mol. The molecule has 4 heterocycles. The summed E-state index contributed by atoms with van der Waals surface area (Å²) in [6.07, 6.45) is 8.41. The minimum absolute atomic E-state index is 0.0634. The number of fused-ring (bicyclic) bond motifs is 10. The molecule has 0 amide bonds. The van der Waals surface area contributed by atoms with E-state index >= 15 is 0 Å². The molecule has 0 radical (unpaired) electrons. The average molecular weight is 572 g/mol. The summed E-state index contributed by atoms with van der Waals surface area (Å²) < 4.78 is 9.91. The van der Waals surface area contributed by atoms with Gasteiger partial charge in [-0.1, -0.05) is 85.0 Å². The number of para-hydroxylation sites is 1. The number of aromatic nitrogens is 1. The highest BCUT2D eigenvalue weighted by Gasteiger charge is 2.34. The molecule has 1 aliphatic carbocycles. The van der Waals surface area contributed by atoms with Gasteiger partial charge < -0.3 is 10.1 Å². The summed E-state index contributed by atoms with van der Waals surface area (Å²) >= 11 is 1.81. The molecule has 0 fully saturated rings. The van der Waals surface area contributed by atoms with Crippen molar-refractivity contribution in [2.45, 2.75) is 18.2 Å². The Hall–Kier alpha value is -5.13. The van der Waals surface area contributed by atoms with Crippen LogP contribution in [0.1, 0.15) is 28.1 Å². The molecule has 4 nitrogen and oxygen atoms in total. The van der Waals surface area contributed by atoms with Gasteiger partial charge in [0.25, 0.3) is 0 Å². The third kappa shape index (κ3) is 3.34. The largest absolute Gasteiger partial charge is 0.485 e. The molecule has 0 bridgehead atoms. The Balaban J connectivity index is 1.24. The van der Waals surface area contributed by atoms with Crippen LogP contribution in [0.15, 0.2) is 132 Å². The molecule has 1 N–H and O–H groups in total. The Bertz CT molecular complexity index is 2390. The fraction of sp³-hybridized carbons (Fsp3) is 0.0789. The summed E-state index contributed by atoms with van der Waals surface area (Å²) in [4.78, 5) is 6.71. The van der Waals surface area contributed by atoms with Crippen molar-refractivity contribution in [1.29, 1.82) is 0 Å². The number of aliphatic imine (C=N–C) groups is 1. The number of ether oxygens (including phenoxy) is 1. The SMILES string of the molecule is C1=CC2Oc3ccc(C4N=C(n5c6ccccc6c6cc7ccccc7cc65)c5sc6ccccc6c5N4)cc3C2C=C1. The quantitative estimate of drug-likeness (QED) is 0.213. The van der Waals surface area contributed by atoms with Gasteiger partial charge in [0.05, 0.1) is 21.6 Å². The van der Waals surface area contributed by atoms with Gasteiger partial charge in [0, 0.05) is 32.3 Å². The predicted octanol–water partition coefficient (Wildman–Crippen LogP) is 9.55. The molecule has 3 atom stereocenters. The monoisotopic (exact) mass is 571 g/mol. The van der Waals surface area contributed by atoms with E-state index in [1.54, 1.807) is 0 Å². The van der Waals surface area contributed by atoms with Crippen molar-refractivity contribution >= 4 is 65.5 Å². The van der Waals surface area contributed by atoms with Crippen LogP contribution in [0, 0.1) is 0 Å². The van der Waals surface area contributed by atoms with E-state index in [2.05, 4.69) is 137 Å². The van der Waals surface area contributed by atoms with E-state index < -0.39 is 0 Å². The topological polar surface area (TPSA) is 38.5 Å². The number of rotatable bonds is 1. The Labute approximate surface area is 251 Å². The van der Waals surface area contributed by atoms with Crippen molar-refractivity contribution in [2.24, 2.45) is 4.99 Å². The zero-order valence-electron chi connectivity index (χ0n) is 23.1. The van der Waals surface area contributed by atoms with Crippen molar-refractivity contribution in [3.05, 3.63) is 143 Å². The number of hydrogen-bond acceptors (Lipinski definition) is 4. The normalized spacial score (nSPS) is 20.2. The molecule has 3 unspecified atom stereocenters. The Morgan fingerprint density at radius 1 is 0.721 bits per heavy atom. The van der Waals surface area contributed by atoms with Gasteiger partial charge in [-0.25, -0.2) is 4.99 Å². The maximum Gasteiger partial charge on any atom is 0.154 e. The standard InChI is InChI=1S/C38H25N3OS/c1-2-10-23-21-31-28(19-22(23)9-1)25-11-3-6-14-30(25)41(31)38-36-35(27-13-5-8-16-34(27)43-36)39-37(40-38)24-17-18-33-29(20-24)26-12-4-7-15-32(26)42-33/h1-21,26,32,37,39H. The van der Waals surface area contributed by atoms with Crippen LogP contribution in [0.3, 0.4) is 0 Å². The highest BCUT2D eigenvalue weighted by atomic mass is 32.1. The second kappa shape index (κ2) is 8.69. The number of anilines is 1. The third-order valence-corrected chi connectivity index (χ3v) is 10.3. The lowest BCUT2D eigenvalue weighted by atomic mass is 9.91. The lowest BCUT2D eigenvalue weighted by molar-refractivity contribution is 0.269. The van der Waals surface area contributed by atoms with E-state index in [4.69, 9.17) is 9.73 Å². The van der Waals surface area contributed by atoms with E-state index in [0.29, 0.717) is 0 Å². The Morgan fingerprint density at radius 3 is 2.44 bits per heavy atom. The molecule has 2 aliphatic heterocycles. The number of benzene rings is 5. The fourth-order valence-corrected chi connectivity index (χ4v) is 8.28. The van der Waals surface area contributed by atoms with Crippen LogP contribution in [0.5, 0.6) is 5.75 Å². The molecule has 204 valence electrons. The third-order valence-electron chi connectivity index (χ3n) is 9.14. The summed E-state index contributed by atoms with van der Waals surface area (Å²) in [5, 5.41) is 10.0. The van der Waals surface area contributed by atoms with E-state index in [9.17, 15) is 0 Å². The van der Waals surface area contributed by atoms with Crippen LogP contribution in [0.4, 0.5) is 5.69 Å². The minimum atomic E-state index is -0.246. The first-order valence-electron chi connectivity index (χ1n) is 14.7. The number of nitrogens with zero attached hydrogens (tertiary/aromatic N) is 2. The van der Waals surface area contributed by atoms with Gasteiger partial charge in [-0.15, -0.1) is 11.3 Å². The summed E-state index contributed by atoms with van der Waals surface area (Å²) in [5.41, 5.74) is 5.85. The summed E-state index contributed by atoms with van der Waals surface area (Å²) in [6, 6.07) is 37.3. The second-order valence-electron chi connectivity index (χ2n) is 11.5. The van der Waals surface area contributed by atoms with Gasteiger partial charge in [0.15, 0.2) is 5.84 Å². The first kappa shape index (κ1) is 23.4. The maximum atomic E-state index is 6.27. The van der Waals surface area contributed by atoms with Crippen LogP contribution in [-0.2, 0) is 0 Å². The molecule has 0 spiro atoms. The van der Waals surface area contributed by atoms with Gasteiger partial charge in [0.1, 0.15) is 18.0 Å². The van der Waals surface area contributed by atoms with Crippen LogP contribution in [0.2, 0.25) is 0 Å². The smallest absolute Gasteiger partial charge is 0.154 e. The lowest BCUT2D eigenvalue weighted by Crippen LogP contribution is -2.23. The van der Waals surface area contributed by atoms with Crippen molar-refractivity contribution in [3.8, 4) is 5.75 Å². The highest BCUT2D eigenvalue weighted by Crippen LogP contribution is 2.46. The van der Waals surface area contributed by atoms with E-state index in [1.165, 1.54) is 48.2 Å². The molecule has 10 rings (SSSR count). The van der Waals surface area contributed by atoms with Crippen molar-refractivity contribution in [1.82, 2.24) is 4.57 Å². The molecule has 5 aromatic carbocycles. The van der Waals surface area contributed by atoms with E-state index in [-0.39, 0.29) is 18.2 Å². The van der Waals surface area contributed by atoms with Gasteiger partial charge in [0.2, 0.25) is 0 Å². The van der Waals surface area contributed by atoms with Crippen LogP contribution >= 0.6 is 11.3 Å². The summed E-state index contributed by atoms with van der Waals surface area (Å²) in [7, 11) is 0. The number of allylic oxidation sites excluding steroid dienone is 2. The molecule has 0 saturated heterocycles. The molecule has 5 heteroatoms. The summed E-state index contributed by atoms with van der Waals surface area (Å²) in [5.74, 6) is 2.18. The van der Waals surface area contributed by atoms with E-state index in [0.717, 1.165) is 27.7 Å². The van der Waals surface area contributed by atoms with Crippen LogP contribution in [-0.4, -0.2) is 16.5 Å². The van der Waals surface area contributed by atoms with Gasteiger partial charge in [-0.05, 0) is 58.8 Å². The van der Waals surface area contributed by atoms with Gasteiger partial charge in [-0.3, -0.25) is 4.57 Å². The van der Waals surface area contributed by atoms with E-state index in [1.807, 2.05) is 11.3 Å². The van der Waals surface area contributed by atoms with Crippen LogP contribution in [0.25, 0.3) is 42.7 Å². The Kier molecular flexibility index (Phi) is 4.74. The zero-order valence-corrected chi connectivity index (χ0v) is 23.9. The zero-order chi connectivity index (χ0) is 28.1. The Morgan fingerprint density at radius 2 is 1.51 bits per heavy atom. The first-order chi connectivity index (χ1) is 21.3. The molecule has 3 aliphatic rings.